The van der Waals surface area contributed by atoms with E-state index in [2.05, 4.69) is 26.5 Å². The van der Waals surface area contributed by atoms with Crippen LogP contribution >= 0.6 is 27.5 Å². The monoisotopic (exact) mass is 516 g/mol. The summed E-state index contributed by atoms with van der Waals surface area (Å²) in [5.74, 6) is 0.467. The third-order valence-electron chi connectivity index (χ3n) is 4.38. The lowest BCUT2D eigenvalue weighted by Gasteiger charge is -2.15. The van der Waals surface area contributed by atoms with Crippen molar-refractivity contribution in [1.82, 2.24) is 5.43 Å². The predicted octanol–water partition coefficient (Wildman–Crippen LogP) is 5.26. The van der Waals surface area contributed by atoms with Gasteiger partial charge in [0.15, 0.2) is 17.6 Å². The number of hydrogen-bond donors (Lipinski definition) is 2. The van der Waals surface area contributed by atoms with Gasteiger partial charge in [-0.2, -0.15) is 5.10 Å². The van der Waals surface area contributed by atoms with E-state index in [1.807, 2.05) is 25.1 Å². The molecule has 0 aliphatic heterocycles. The van der Waals surface area contributed by atoms with Crippen molar-refractivity contribution in [3.8, 4) is 11.5 Å². The smallest absolute Gasteiger partial charge is 0.273 e. The second kappa shape index (κ2) is 11.7. The fourth-order valence-electron chi connectivity index (χ4n) is 2.82. The molecule has 0 radical (unpaired) electrons. The van der Waals surface area contributed by atoms with Crippen molar-refractivity contribution >= 4 is 39.7 Å². The molecule has 3 aromatic carbocycles. The molecule has 1 amide bonds. The van der Waals surface area contributed by atoms with E-state index < -0.39 is 12.0 Å². The molecule has 0 saturated carbocycles. The minimum Gasteiger partial charge on any atom is -0.490 e. The van der Waals surface area contributed by atoms with E-state index in [4.69, 9.17) is 21.1 Å². The highest BCUT2D eigenvalue weighted by Crippen LogP contribution is 2.37. The highest BCUT2D eigenvalue weighted by atomic mass is 79.9. The first kappa shape index (κ1) is 23.8. The van der Waals surface area contributed by atoms with Gasteiger partial charge in [-0.3, -0.25) is 4.79 Å². The molecule has 3 rings (SSSR count). The zero-order chi connectivity index (χ0) is 22.9. The number of ether oxygens (including phenoxy) is 2. The standard InChI is InChI=1S/C24H22BrClN2O4/c1-2-31-21-13-17(14-27-28-24(30)22(29)18-6-4-3-5-7-18)12-20(25)23(21)32-15-16-8-10-19(26)11-9-16/h3-14,22,29H,2,15H2,1H3,(H,28,30)/b27-14-/t22-/m1/s1. The van der Waals surface area contributed by atoms with Crippen LogP contribution in [0.5, 0.6) is 11.5 Å². The normalized spacial score (nSPS) is 11.9. The lowest BCUT2D eigenvalue weighted by atomic mass is 10.1. The molecule has 0 unspecified atom stereocenters. The van der Waals surface area contributed by atoms with E-state index in [0.29, 0.717) is 45.3 Å². The summed E-state index contributed by atoms with van der Waals surface area (Å²) in [6.07, 6.45) is 0.161. The molecule has 0 fully saturated rings. The molecule has 166 valence electrons. The summed E-state index contributed by atoms with van der Waals surface area (Å²) in [5, 5.41) is 14.7. The Morgan fingerprint density at radius 2 is 1.88 bits per heavy atom. The van der Waals surface area contributed by atoms with E-state index in [1.165, 1.54) is 6.21 Å². The van der Waals surface area contributed by atoms with Crippen molar-refractivity contribution in [3.63, 3.8) is 0 Å². The average molecular weight is 518 g/mol. The van der Waals surface area contributed by atoms with Gasteiger partial charge in [0.05, 0.1) is 17.3 Å². The van der Waals surface area contributed by atoms with E-state index in [9.17, 15) is 9.90 Å². The first-order valence-electron chi connectivity index (χ1n) is 9.87. The Morgan fingerprint density at radius 1 is 1.16 bits per heavy atom. The molecule has 0 aliphatic carbocycles. The maximum atomic E-state index is 12.1. The van der Waals surface area contributed by atoms with Crippen molar-refractivity contribution in [2.45, 2.75) is 19.6 Å². The number of rotatable bonds is 9. The van der Waals surface area contributed by atoms with Crippen LogP contribution in [0.15, 0.2) is 76.3 Å². The first-order chi connectivity index (χ1) is 15.5. The molecule has 0 aliphatic rings. The fourth-order valence-corrected chi connectivity index (χ4v) is 3.52. The number of hydrazone groups is 1. The number of aliphatic hydroxyl groups is 1. The van der Waals surface area contributed by atoms with Crippen LogP contribution in [0, 0.1) is 0 Å². The van der Waals surface area contributed by atoms with Crippen molar-refractivity contribution in [3.05, 3.63) is 92.9 Å². The Bertz CT molecular complexity index is 1080. The number of benzene rings is 3. The Balaban J connectivity index is 1.69. The van der Waals surface area contributed by atoms with Crippen LogP contribution in [0.3, 0.4) is 0 Å². The fraction of sp³-hybridized carbons (Fsp3) is 0.167. The van der Waals surface area contributed by atoms with Crippen LogP contribution < -0.4 is 14.9 Å². The minimum absolute atomic E-state index is 0.344. The zero-order valence-electron chi connectivity index (χ0n) is 17.3. The quantitative estimate of drug-likeness (QED) is 0.300. The molecule has 6 nitrogen and oxygen atoms in total. The lowest BCUT2D eigenvalue weighted by Crippen LogP contribution is -2.25. The second-order valence-corrected chi connectivity index (χ2v) is 8.02. The van der Waals surface area contributed by atoms with E-state index in [1.54, 1.807) is 48.5 Å². The van der Waals surface area contributed by atoms with Crippen molar-refractivity contribution in [2.24, 2.45) is 5.10 Å². The van der Waals surface area contributed by atoms with Gasteiger partial charge in [0.2, 0.25) is 0 Å². The van der Waals surface area contributed by atoms with E-state index >= 15 is 0 Å². The van der Waals surface area contributed by atoms with Gasteiger partial charge in [0.25, 0.3) is 5.91 Å². The van der Waals surface area contributed by atoms with Crippen LogP contribution in [-0.4, -0.2) is 23.8 Å². The number of carbonyl (C=O) groups is 1. The Hall–Kier alpha value is -2.87. The van der Waals surface area contributed by atoms with Gasteiger partial charge in [0.1, 0.15) is 6.61 Å². The molecule has 0 aromatic heterocycles. The van der Waals surface area contributed by atoms with Gasteiger partial charge in [-0.25, -0.2) is 5.43 Å². The van der Waals surface area contributed by atoms with Crippen molar-refractivity contribution in [2.75, 3.05) is 6.61 Å². The van der Waals surface area contributed by atoms with Gasteiger partial charge in [-0.05, 0) is 63.8 Å². The summed E-state index contributed by atoms with van der Waals surface area (Å²) < 4.78 is 12.4. The Morgan fingerprint density at radius 3 is 2.56 bits per heavy atom. The maximum Gasteiger partial charge on any atom is 0.273 e. The molecule has 8 heteroatoms. The minimum atomic E-state index is -1.30. The summed E-state index contributed by atoms with van der Waals surface area (Å²) in [5.41, 5.74) is 4.48. The number of hydrogen-bond acceptors (Lipinski definition) is 5. The Kier molecular flexibility index (Phi) is 8.67. The van der Waals surface area contributed by atoms with Crippen LogP contribution in [0.1, 0.15) is 29.7 Å². The van der Waals surface area contributed by atoms with Crippen molar-refractivity contribution < 1.29 is 19.4 Å². The van der Waals surface area contributed by atoms with Crippen LogP contribution in [-0.2, 0) is 11.4 Å². The van der Waals surface area contributed by atoms with Gasteiger partial charge in [-0.15, -0.1) is 0 Å². The second-order valence-electron chi connectivity index (χ2n) is 6.73. The number of halogens is 2. The van der Waals surface area contributed by atoms with Gasteiger partial charge in [0, 0.05) is 5.02 Å². The number of nitrogens with one attached hydrogen (secondary N) is 1. The molecule has 0 spiro atoms. The predicted molar refractivity (Wildman–Crippen MR) is 128 cm³/mol. The highest BCUT2D eigenvalue weighted by Gasteiger charge is 2.16. The van der Waals surface area contributed by atoms with Gasteiger partial charge >= 0.3 is 0 Å². The third-order valence-corrected chi connectivity index (χ3v) is 5.22. The average Bonchev–Trinajstić information content (AvgIpc) is 2.80. The van der Waals surface area contributed by atoms with E-state index in [-0.39, 0.29) is 0 Å². The van der Waals surface area contributed by atoms with Crippen LogP contribution in [0.4, 0.5) is 0 Å². The van der Waals surface area contributed by atoms with Crippen LogP contribution in [0.2, 0.25) is 5.02 Å². The summed E-state index contributed by atoms with van der Waals surface area (Å²) in [6, 6.07) is 19.6. The summed E-state index contributed by atoms with van der Waals surface area (Å²) in [4.78, 5) is 12.1. The topological polar surface area (TPSA) is 80.2 Å². The molecule has 0 heterocycles. The summed E-state index contributed by atoms with van der Waals surface area (Å²) in [7, 11) is 0. The molecule has 1 atom stereocenters. The third kappa shape index (κ3) is 6.56. The van der Waals surface area contributed by atoms with Crippen LogP contribution in [0.25, 0.3) is 0 Å². The Labute approximate surface area is 200 Å². The highest BCUT2D eigenvalue weighted by molar-refractivity contribution is 9.10. The molecule has 3 aromatic rings. The molecular weight excluding hydrogens is 496 g/mol. The maximum absolute atomic E-state index is 12.1. The van der Waals surface area contributed by atoms with Crippen molar-refractivity contribution in [1.29, 1.82) is 0 Å². The number of carbonyl (C=O) groups excluding carboxylic acids is 1. The van der Waals surface area contributed by atoms with Gasteiger partial charge < -0.3 is 14.6 Å². The largest absolute Gasteiger partial charge is 0.490 e. The van der Waals surface area contributed by atoms with Gasteiger partial charge in [-0.1, -0.05) is 54.1 Å². The zero-order valence-corrected chi connectivity index (χ0v) is 19.6. The summed E-state index contributed by atoms with van der Waals surface area (Å²) in [6.45, 7) is 2.67. The van der Waals surface area contributed by atoms with E-state index in [0.717, 1.165) is 5.56 Å². The molecule has 2 N–H and O–H groups in total. The first-order valence-corrected chi connectivity index (χ1v) is 11.0. The summed E-state index contributed by atoms with van der Waals surface area (Å²) >= 11 is 9.44. The lowest BCUT2D eigenvalue weighted by molar-refractivity contribution is -0.129. The molecule has 0 bridgehead atoms. The number of aliphatic hydroxyl groups excluding tert-OH is 1. The molecule has 0 saturated heterocycles. The molecule has 32 heavy (non-hydrogen) atoms. The SMILES string of the molecule is CCOc1cc(/C=N\NC(=O)[C@H](O)c2ccccc2)cc(Br)c1OCc1ccc(Cl)cc1. The molecular formula is C24H22BrClN2O4. The number of amides is 1. The number of nitrogens with zero attached hydrogens (tertiary/aromatic N) is 1.